The lowest BCUT2D eigenvalue weighted by molar-refractivity contribution is 0.228. The number of aliphatic hydroxyl groups excluding tert-OH is 1. The van der Waals surface area contributed by atoms with Crippen LogP contribution in [-0.2, 0) is 0 Å². The number of hydrogen-bond acceptors (Lipinski definition) is 7. The van der Waals surface area contributed by atoms with Gasteiger partial charge in [0.15, 0.2) is 23.0 Å². The van der Waals surface area contributed by atoms with Crippen LogP contribution in [0.25, 0.3) is 12.2 Å². The Hall–Kier alpha value is -3.81. The summed E-state index contributed by atoms with van der Waals surface area (Å²) >= 11 is 5.91. The van der Waals surface area contributed by atoms with E-state index in [1.807, 2.05) is 24.3 Å². The van der Waals surface area contributed by atoms with E-state index in [-0.39, 0.29) is 5.75 Å². The first-order valence-corrected chi connectivity index (χ1v) is 11.0. The Kier molecular flexibility index (Phi) is 8.89. The Balaban J connectivity index is 1.89. The number of methoxy groups -OCH3 is 4. The third-order valence-corrected chi connectivity index (χ3v) is 5.47. The number of ether oxygens (including phenoxy) is 4. The van der Waals surface area contributed by atoms with Crippen LogP contribution in [0.5, 0.6) is 28.7 Å². The number of aliphatic hydroxyl groups is 1. The molecule has 1 atom stereocenters. The van der Waals surface area contributed by atoms with Gasteiger partial charge < -0.3 is 34.5 Å². The van der Waals surface area contributed by atoms with Crippen LogP contribution in [0.3, 0.4) is 0 Å². The number of nitrogens with one attached hydrogen (secondary N) is 1. The van der Waals surface area contributed by atoms with Crippen molar-refractivity contribution >= 4 is 29.4 Å². The summed E-state index contributed by atoms with van der Waals surface area (Å²) < 4.78 is 21.5. The predicted molar refractivity (Wildman–Crippen MR) is 139 cm³/mol. The first kappa shape index (κ1) is 25.8. The van der Waals surface area contributed by atoms with E-state index in [0.717, 1.165) is 5.56 Å². The molecule has 0 saturated carbocycles. The molecule has 0 radical (unpaired) electrons. The molecule has 7 nitrogen and oxygen atoms in total. The molecule has 1 unspecified atom stereocenters. The van der Waals surface area contributed by atoms with Crippen molar-refractivity contribution in [2.45, 2.75) is 6.10 Å². The second-order valence-corrected chi connectivity index (χ2v) is 7.84. The smallest absolute Gasteiger partial charge is 0.203 e. The number of benzene rings is 3. The molecular weight excluding hydrogens is 470 g/mol. The van der Waals surface area contributed by atoms with Crippen molar-refractivity contribution in [1.29, 1.82) is 0 Å². The van der Waals surface area contributed by atoms with Gasteiger partial charge in [0.25, 0.3) is 0 Å². The van der Waals surface area contributed by atoms with Gasteiger partial charge in [0, 0.05) is 22.3 Å². The summed E-state index contributed by atoms with van der Waals surface area (Å²) in [4.78, 5) is 0. The summed E-state index contributed by atoms with van der Waals surface area (Å²) in [5.41, 5.74) is 2.85. The Morgan fingerprint density at radius 1 is 0.829 bits per heavy atom. The minimum atomic E-state index is -0.822. The minimum Gasteiger partial charge on any atom is -0.504 e. The quantitative estimate of drug-likeness (QED) is 0.237. The fourth-order valence-corrected chi connectivity index (χ4v) is 3.52. The van der Waals surface area contributed by atoms with Crippen LogP contribution in [0.2, 0.25) is 5.02 Å². The lowest BCUT2D eigenvalue weighted by Gasteiger charge is -2.13. The molecule has 184 valence electrons. The Morgan fingerprint density at radius 3 is 2.03 bits per heavy atom. The summed E-state index contributed by atoms with van der Waals surface area (Å²) in [7, 11) is 6.13. The van der Waals surface area contributed by atoms with E-state index in [1.165, 1.54) is 7.11 Å². The largest absolute Gasteiger partial charge is 0.504 e. The molecule has 8 heteroatoms. The summed E-state index contributed by atoms with van der Waals surface area (Å²) in [6.45, 7) is 0. The number of anilines is 1. The zero-order valence-corrected chi connectivity index (χ0v) is 20.7. The van der Waals surface area contributed by atoms with E-state index < -0.39 is 6.10 Å². The van der Waals surface area contributed by atoms with Gasteiger partial charge in [0.05, 0.1) is 34.5 Å². The van der Waals surface area contributed by atoms with Crippen molar-refractivity contribution in [3.63, 3.8) is 0 Å². The molecular formula is C27H28ClNO6. The van der Waals surface area contributed by atoms with Crippen LogP contribution < -0.4 is 24.3 Å². The van der Waals surface area contributed by atoms with E-state index in [1.54, 1.807) is 70.0 Å². The van der Waals surface area contributed by atoms with Crippen molar-refractivity contribution < 1.29 is 29.2 Å². The normalized spacial score (nSPS) is 12.1. The molecule has 0 saturated heterocycles. The molecule has 3 rings (SSSR count). The van der Waals surface area contributed by atoms with Gasteiger partial charge in [0.1, 0.15) is 0 Å². The van der Waals surface area contributed by atoms with Gasteiger partial charge in [-0.2, -0.15) is 0 Å². The molecule has 0 spiro atoms. The van der Waals surface area contributed by atoms with Gasteiger partial charge in [0.2, 0.25) is 5.75 Å². The number of halogens is 1. The fraction of sp³-hybridized carbons (Fsp3) is 0.185. The molecule has 35 heavy (non-hydrogen) atoms. The molecule has 0 aromatic heterocycles. The topological polar surface area (TPSA) is 89.4 Å². The van der Waals surface area contributed by atoms with Crippen LogP contribution in [0.1, 0.15) is 22.8 Å². The molecule has 0 aliphatic carbocycles. The zero-order valence-electron chi connectivity index (χ0n) is 19.9. The van der Waals surface area contributed by atoms with Crippen molar-refractivity contribution in [3.8, 4) is 28.7 Å². The molecule has 0 heterocycles. The molecule has 0 aliphatic rings. The van der Waals surface area contributed by atoms with Crippen molar-refractivity contribution in [1.82, 2.24) is 0 Å². The minimum absolute atomic E-state index is 0.00669. The number of hydrogen-bond donors (Lipinski definition) is 3. The average molecular weight is 498 g/mol. The maximum absolute atomic E-state index is 10.4. The first-order valence-electron chi connectivity index (χ1n) is 10.7. The van der Waals surface area contributed by atoms with Crippen LogP contribution in [0.15, 0.2) is 60.8 Å². The maximum atomic E-state index is 10.4. The summed E-state index contributed by atoms with van der Waals surface area (Å²) in [6, 6.07) is 13.8. The molecule has 0 amide bonds. The fourth-order valence-electron chi connectivity index (χ4n) is 3.39. The highest BCUT2D eigenvalue weighted by molar-refractivity contribution is 6.30. The monoisotopic (exact) mass is 497 g/mol. The molecule has 3 aromatic carbocycles. The molecule has 0 fully saturated rings. The Bertz CT molecular complexity index is 1180. The first-order chi connectivity index (χ1) is 16.9. The van der Waals surface area contributed by atoms with Crippen LogP contribution in [-0.4, -0.2) is 38.7 Å². The van der Waals surface area contributed by atoms with E-state index in [9.17, 15) is 10.2 Å². The lowest BCUT2D eigenvalue weighted by Crippen LogP contribution is -1.97. The van der Waals surface area contributed by atoms with Crippen molar-refractivity contribution in [3.05, 3.63) is 82.5 Å². The van der Waals surface area contributed by atoms with Crippen molar-refractivity contribution in [2.75, 3.05) is 33.8 Å². The van der Waals surface area contributed by atoms with Crippen LogP contribution in [0, 0.1) is 0 Å². The second kappa shape index (κ2) is 12.1. The maximum Gasteiger partial charge on any atom is 0.203 e. The molecule has 0 aliphatic heterocycles. The second-order valence-electron chi connectivity index (χ2n) is 7.40. The van der Waals surface area contributed by atoms with E-state index in [2.05, 4.69) is 5.32 Å². The van der Waals surface area contributed by atoms with Gasteiger partial charge in [-0.1, -0.05) is 35.9 Å². The molecule has 3 aromatic rings. The number of aromatic hydroxyl groups is 1. The summed E-state index contributed by atoms with van der Waals surface area (Å²) in [5.74, 6) is 1.86. The van der Waals surface area contributed by atoms with E-state index in [0.29, 0.717) is 44.8 Å². The Labute approximate surface area is 209 Å². The third-order valence-electron chi connectivity index (χ3n) is 5.22. The van der Waals surface area contributed by atoms with Gasteiger partial charge in [-0.25, -0.2) is 0 Å². The lowest BCUT2D eigenvalue weighted by atomic mass is 10.1. The SMILES string of the molecule is COc1cc(N/C=C\C(O)c2ccc(Cl)cc2)c(/C=C\c2cc(OC)c(OC)c(OC)c2)cc1O. The predicted octanol–water partition coefficient (Wildman–Crippen LogP) is 5.91. The van der Waals surface area contributed by atoms with E-state index in [4.69, 9.17) is 30.5 Å². The van der Waals surface area contributed by atoms with Crippen LogP contribution in [0.4, 0.5) is 5.69 Å². The molecule has 0 bridgehead atoms. The summed E-state index contributed by atoms with van der Waals surface area (Å²) in [6.07, 6.45) is 6.09. The van der Waals surface area contributed by atoms with Gasteiger partial charge >= 0.3 is 0 Å². The summed E-state index contributed by atoms with van der Waals surface area (Å²) in [5, 5.41) is 24.5. The van der Waals surface area contributed by atoms with Gasteiger partial charge in [-0.15, -0.1) is 0 Å². The van der Waals surface area contributed by atoms with Crippen LogP contribution >= 0.6 is 11.6 Å². The number of phenolic OH excluding ortho intramolecular Hbond substituents is 1. The third kappa shape index (κ3) is 6.41. The number of phenols is 1. The highest BCUT2D eigenvalue weighted by Gasteiger charge is 2.13. The van der Waals surface area contributed by atoms with Crippen molar-refractivity contribution in [2.24, 2.45) is 0 Å². The number of rotatable bonds is 10. The Morgan fingerprint density at radius 2 is 1.46 bits per heavy atom. The molecule has 3 N–H and O–H groups in total. The highest BCUT2D eigenvalue weighted by Crippen LogP contribution is 2.39. The van der Waals surface area contributed by atoms with Gasteiger partial charge in [-0.05, 0) is 53.7 Å². The average Bonchev–Trinajstić information content (AvgIpc) is 2.87. The van der Waals surface area contributed by atoms with Gasteiger partial charge in [-0.3, -0.25) is 0 Å². The standard InChI is InChI=1S/C27H28ClNO6/c1-32-24-16-21(29-12-11-22(30)18-7-9-20(28)10-8-18)19(15-23(24)31)6-5-17-13-25(33-2)27(35-4)26(14-17)34-3/h5-16,22,29-31H,1-4H3/b6-5-,12-11-. The highest BCUT2D eigenvalue weighted by atomic mass is 35.5. The van der Waals surface area contributed by atoms with E-state index >= 15 is 0 Å². The zero-order chi connectivity index (χ0) is 25.4.